The first-order valence-electron chi connectivity index (χ1n) is 5.91. The van der Waals surface area contributed by atoms with Gasteiger partial charge in [-0.3, -0.25) is 9.36 Å². The normalized spacial score (nSPS) is 33.2. The summed E-state index contributed by atoms with van der Waals surface area (Å²) in [5, 5.41) is 19.6. The molecule has 110 valence electrons. The first kappa shape index (κ1) is 14.4. The molecular formula is C11H16N4O5. The number of amides is 1. The monoisotopic (exact) mass is 284 g/mol. The fourth-order valence-corrected chi connectivity index (χ4v) is 2.25. The number of aliphatic hydroxyl groups is 2. The molecule has 0 aromatic carbocycles. The summed E-state index contributed by atoms with van der Waals surface area (Å²) in [6.07, 6.45) is -2.31. The smallest absolute Gasteiger partial charge is 0.351 e. The first-order chi connectivity index (χ1) is 9.32. The first-order valence-corrected chi connectivity index (χ1v) is 5.91. The lowest BCUT2D eigenvalue weighted by atomic mass is 9.80. The van der Waals surface area contributed by atoms with Crippen molar-refractivity contribution in [3.8, 4) is 0 Å². The van der Waals surface area contributed by atoms with Gasteiger partial charge in [0.05, 0.1) is 6.61 Å². The van der Waals surface area contributed by atoms with E-state index in [1.165, 1.54) is 19.2 Å². The number of nitrogen functional groups attached to an aromatic ring is 1. The Bertz CT molecular complexity index is 588. The van der Waals surface area contributed by atoms with Crippen molar-refractivity contribution in [1.82, 2.24) is 9.55 Å². The summed E-state index contributed by atoms with van der Waals surface area (Å²) in [4.78, 5) is 26.8. The average Bonchev–Trinajstić information content (AvgIpc) is 2.64. The van der Waals surface area contributed by atoms with Crippen molar-refractivity contribution in [2.45, 2.75) is 25.4 Å². The fraction of sp³-hybridized carbons (Fsp3) is 0.545. The lowest BCUT2D eigenvalue weighted by Gasteiger charge is -2.27. The molecule has 9 heteroatoms. The van der Waals surface area contributed by atoms with Crippen LogP contribution in [0.2, 0.25) is 0 Å². The van der Waals surface area contributed by atoms with E-state index in [0.717, 1.165) is 4.57 Å². The standard InChI is InChI=1S/C11H16N4O5/c1-11(9(13)18)5(4-16)20-8(7(11)17)15-3-2-6(12)14-10(15)19/h2-3,5,7-8,16-17H,4H2,1H3,(H2,13,18)(H2,12,14,19)/t5-,7+,8-,11+/m1/s1. The number of ether oxygens (including phenoxy) is 1. The van der Waals surface area contributed by atoms with Crippen molar-refractivity contribution in [2.24, 2.45) is 11.1 Å². The van der Waals surface area contributed by atoms with E-state index < -0.39 is 42.1 Å². The molecule has 1 aromatic heterocycles. The molecule has 0 radical (unpaired) electrons. The summed E-state index contributed by atoms with van der Waals surface area (Å²) in [7, 11) is 0. The second-order valence-electron chi connectivity index (χ2n) is 4.83. The van der Waals surface area contributed by atoms with E-state index >= 15 is 0 Å². The molecule has 4 atom stereocenters. The number of aliphatic hydroxyl groups excluding tert-OH is 2. The Labute approximate surface area is 113 Å². The third kappa shape index (κ3) is 1.96. The van der Waals surface area contributed by atoms with E-state index in [9.17, 15) is 19.8 Å². The number of carbonyl (C=O) groups is 1. The van der Waals surface area contributed by atoms with Gasteiger partial charge in [0.1, 0.15) is 23.4 Å². The van der Waals surface area contributed by atoms with E-state index in [0.29, 0.717) is 0 Å². The van der Waals surface area contributed by atoms with Gasteiger partial charge in [-0.15, -0.1) is 0 Å². The third-order valence-electron chi connectivity index (χ3n) is 3.68. The molecule has 1 amide bonds. The average molecular weight is 284 g/mol. The van der Waals surface area contributed by atoms with Crippen molar-refractivity contribution in [2.75, 3.05) is 12.3 Å². The van der Waals surface area contributed by atoms with Gasteiger partial charge in [-0.1, -0.05) is 0 Å². The van der Waals surface area contributed by atoms with Crippen LogP contribution in [0.3, 0.4) is 0 Å². The van der Waals surface area contributed by atoms with Gasteiger partial charge in [0.15, 0.2) is 6.23 Å². The van der Waals surface area contributed by atoms with Crippen LogP contribution in [0.1, 0.15) is 13.2 Å². The molecule has 0 unspecified atom stereocenters. The zero-order chi connectivity index (χ0) is 15.1. The van der Waals surface area contributed by atoms with Crippen LogP contribution >= 0.6 is 0 Å². The number of hydrogen-bond acceptors (Lipinski definition) is 7. The summed E-state index contributed by atoms with van der Waals surface area (Å²) >= 11 is 0. The predicted molar refractivity (Wildman–Crippen MR) is 67.2 cm³/mol. The predicted octanol–water partition coefficient (Wildman–Crippen LogP) is -2.43. The molecular weight excluding hydrogens is 268 g/mol. The molecule has 0 saturated carbocycles. The van der Waals surface area contributed by atoms with Crippen LogP contribution in [0.15, 0.2) is 17.1 Å². The van der Waals surface area contributed by atoms with E-state index in [-0.39, 0.29) is 5.82 Å². The molecule has 0 spiro atoms. The zero-order valence-corrected chi connectivity index (χ0v) is 10.8. The molecule has 0 bridgehead atoms. The summed E-state index contributed by atoms with van der Waals surface area (Å²) < 4.78 is 6.39. The minimum absolute atomic E-state index is 0.0232. The number of primary amides is 1. The number of anilines is 1. The van der Waals surface area contributed by atoms with Crippen LogP contribution in [0, 0.1) is 5.41 Å². The summed E-state index contributed by atoms with van der Waals surface area (Å²) in [5.74, 6) is -0.807. The van der Waals surface area contributed by atoms with E-state index in [1.807, 2.05) is 0 Å². The molecule has 1 aromatic rings. The molecule has 1 aliphatic rings. The molecule has 20 heavy (non-hydrogen) atoms. The molecule has 2 rings (SSSR count). The fourth-order valence-electron chi connectivity index (χ4n) is 2.25. The number of hydrogen-bond donors (Lipinski definition) is 4. The number of nitrogens with zero attached hydrogens (tertiary/aromatic N) is 2. The van der Waals surface area contributed by atoms with Crippen molar-refractivity contribution in [3.05, 3.63) is 22.7 Å². The number of carbonyl (C=O) groups excluding carboxylic acids is 1. The Morgan fingerprint density at radius 3 is 2.75 bits per heavy atom. The highest BCUT2D eigenvalue weighted by molar-refractivity contribution is 5.82. The van der Waals surface area contributed by atoms with Crippen LogP contribution in [-0.4, -0.2) is 44.5 Å². The van der Waals surface area contributed by atoms with Crippen LogP contribution in [0.4, 0.5) is 5.82 Å². The lowest BCUT2D eigenvalue weighted by Crippen LogP contribution is -2.50. The summed E-state index contributed by atoms with van der Waals surface area (Å²) in [6.45, 7) is 0.848. The molecule has 9 nitrogen and oxygen atoms in total. The highest BCUT2D eigenvalue weighted by Crippen LogP contribution is 2.42. The molecule has 1 aliphatic heterocycles. The number of nitrogens with two attached hydrogens (primary N) is 2. The van der Waals surface area contributed by atoms with Crippen molar-refractivity contribution in [3.63, 3.8) is 0 Å². The Morgan fingerprint density at radius 2 is 2.30 bits per heavy atom. The second-order valence-corrected chi connectivity index (χ2v) is 4.83. The summed E-state index contributed by atoms with van der Waals surface area (Å²) in [6, 6.07) is 1.35. The van der Waals surface area contributed by atoms with Gasteiger partial charge in [0, 0.05) is 6.20 Å². The lowest BCUT2D eigenvalue weighted by molar-refractivity contribution is -0.135. The topological polar surface area (TPSA) is 154 Å². The Morgan fingerprint density at radius 1 is 1.65 bits per heavy atom. The van der Waals surface area contributed by atoms with Gasteiger partial charge in [0.25, 0.3) is 0 Å². The highest BCUT2D eigenvalue weighted by atomic mass is 16.5. The molecule has 1 saturated heterocycles. The van der Waals surface area contributed by atoms with E-state index in [2.05, 4.69) is 4.98 Å². The number of aromatic nitrogens is 2. The SMILES string of the molecule is C[C@]1(C(N)=O)[C@@H](CO)O[C@@H](n2ccc(N)nc2=O)[C@@H]1O. The van der Waals surface area contributed by atoms with Crippen molar-refractivity contribution < 1.29 is 19.7 Å². The largest absolute Gasteiger partial charge is 0.394 e. The van der Waals surface area contributed by atoms with Crippen molar-refractivity contribution >= 4 is 11.7 Å². The van der Waals surface area contributed by atoms with E-state index in [1.54, 1.807) is 0 Å². The quantitative estimate of drug-likeness (QED) is 0.481. The van der Waals surface area contributed by atoms with Crippen LogP contribution in [0.25, 0.3) is 0 Å². The van der Waals surface area contributed by atoms with Gasteiger partial charge in [-0.25, -0.2) is 4.79 Å². The van der Waals surface area contributed by atoms with Crippen molar-refractivity contribution in [1.29, 1.82) is 0 Å². The van der Waals surface area contributed by atoms with E-state index in [4.69, 9.17) is 16.2 Å². The van der Waals surface area contributed by atoms with Gasteiger partial charge >= 0.3 is 5.69 Å². The second kappa shape index (κ2) is 4.85. The Hall–Kier alpha value is -1.97. The highest BCUT2D eigenvalue weighted by Gasteiger charge is 2.57. The van der Waals surface area contributed by atoms with Gasteiger partial charge in [0.2, 0.25) is 5.91 Å². The van der Waals surface area contributed by atoms with Gasteiger partial charge < -0.3 is 26.4 Å². The third-order valence-corrected chi connectivity index (χ3v) is 3.68. The zero-order valence-electron chi connectivity index (χ0n) is 10.8. The Balaban J connectivity index is 2.45. The maximum atomic E-state index is 11.8. The Kier molecular flexibility index (Phi) is 3.50. The minimum atomic E-state index is -1.51. The molecule has 2 heterocycles. The number of rotatable bonds is 3. The summed E-state index contributed by atoms with van der Waals surface area (Å²) in [5.41, 5.74) is 8.40. The van der Waals surface area contributed by atoms with Gasteiger partial charge in [-0.2, -0.15) is 4.98 Å². The van der Waals surface area contributed by atoms with Crippen LogP contribution < -0.4 is 17.2 Å². The molecule has 0 aliphatic carbocycles. The van der Waals surface area contributed by atoms with Crippen LogP contribution in [0.5, 0.6) is 0 Å². The van der Waals surface area contributed by atoms with Gasteiger partial charge in [-0.05, 0) is 13.0 Å². The molecule has 1 fully saturated rings. The minimum Gasteiger partial charge on any atom is -0.394 e. The molecule has 6 N–H and O–H groups in total. The maximum absolute atomic E-state index is 11.8. The van der Waals surface area contributed by atoms with Crippen LogP contribution in [-0.2, 0) is 9.53 Å². The maximum Gasteiger partial charge on any atom is 0.351 e.